The fraction of sp³-hybridized carbons (Fsp3) is 0.267. The first-order valence-corrected chi connectivity index (χ1v) is 7.59. The van der Waals surface area contributed by atoms with Gasteiger partial charge in [0.15, 0.2) is 0 Å². The molecule has 3 nitrogen and oxygen atoms in total. The van der Waals surface area contributed by atoms with Gasteiger partial charge in [0.05, 0.1) is 21.6 Å². The monoisotopic (exact) mass is 287 g/mol. The van der Waals surface area contributed by atoms with Crippen LogP contribution in [0, 0.1) is 5.82 Å². The number of hydrogen-bond donors (Lipinski definition) is 2. The Bertz CT molecular complexity index is 803. The highest BCUT2D eigenvalue weighted by atomic mass is 32.1. The smallest absolute Gasteiger partial charge is 0.141 e. The van der Waals surface area contributed by atoms with Gasteiger partial charge in [-0.2, -0.15) is 0 Å². The average Bonchev–Trinajstić information content (AvgIpc) is 2.97. The third-order valence-electron chi connectivity index (χ3n) is 3.88. The van der Waals surface area contributed by atoms with Crippen LogP contribution in [0.25, 0.3) is 22.4 Å². The summed E-state index contributed by atoms with van der Waals surface area (Å²) >= 11 is 1.67. The zero-order valence-corrected chi connectivity index (χ0v) is 11.7. The fourth-order valence-corrected chi connectivity index (χ4v) is 4.11. The van der Waals surface area contributed by atoms with E-state index in [0.717, 1.165) is 40.3 Å². The molecule has 2 aromatic heterocycles. The number of halogens is 1. The van der Waals surface area contributed by atoms with Crippen LogP contribution in [0.1, 0.15) is 23.3 Å². The number of thiophene rings is 1. The van der Waals surface area contributed by atoms with Gasteiger partial charge in [-0.15, -0.1) is 11.3 Å². The Morgan fingerprint density at radius 2 is 2.10 bits per heavy atom. The number of benzene rings is 1. The second-order valence-corrected chi connectivity index (χ2v) is 6.33. The molecule has 1 aliphatic carbocycles. The van der Waals surface area contributed by atoms with Crippen molar-refractivity contribution in [2.24, 2.45) is 0 Å². The van der Waals surface area contributed by atoms with Crippen molar-refractivity contribution in [3.8, 4) is 11.4 Å². The molecular weight excluding hydrogens is 273 g/mol. The van der Waals surface area contributed by atoms with Crippen LogP contribution in [0.15, 0.2) is 18.2 Å². The lowest BCUT2D eigenvalue weighted by molar-refractivity contribution is 0.629. The second kappa shape index (κ2) is 4.31. The van der Waals surface area contributed by atoms with Crippen molar-refractivity contribution in [2.75, 3.05) is 5.73 Å². The number of nitrogen functional groups attached to an aromatic ring is 1. The highest BCUT2D eigenvalue weighted by Crippen LogP contribution is 2.41. The van der Waals surface area contributed by atoms with E-state index in [2.05, 4.69) is 9.97 Å². The van der Waals surface area contributed by atoms with Gasteiger partial charge in [0.25, 0.3) is 0 Å². The van der Waals surface area contributed by atoms with Gasteiger partial charge in [0, 0.05) is 4.88 Å². The molecule has 0 atom stereocenters. The van der Waals surface area contributed by atoms with Crippen LogP contribution >= 0.6 is 11.3 Å². The molecule has 20 heavy (non-hydrogen) atoms. The number of hydrogen-bond acceptors (Lipinski definition) is 3. The van der Waals surface area contributed by atoms with Crippen molar-refractivity contribution in [3.63, 3.8) is 0 Å². The Labute approximate surface area is 119 Å². The van der Waals surface area contributed by atoms with Crippen LogP contribution in [0.2, 0.25) is 0 Å². The minimum Gasteiger partial charge on any atom is -0.390 e. The van der Waals surface area contributed by atoms with E-state index >= 15 is 0 Å². The molecule has 0 bridgehead atoms. The van der Waals surface area contributed by atoms with Crippen LogP contribution in [0.3, 0.4) is 0 Å². The minimum absolute atomic E-state index is 0.256. The van der Waals surface area contributed by atoms with Crippen LogP contribution < -0.4 is 5.73 Å². The standard InChI is InChI=1S/C15H14FN3S/c16-8-5-6-10-11(7-8)19-15(18-10)13-9-3-1-2-4-12(9)20-14(13)17/h5-7H,1-4,17H2,(H,18,19). The third kappa shape index (κ3) is 1.73. The van der Waals surface area contributed by atoms with Crippen molar-refractivity contribution >= 4 is 27.4 Å². The molecule has 0 fully saturated rings. The SMILES string of the molecule is Nc1sc2c(c1-c1nc3ccc(F)cc3[nH]1)CCCC2. The molecule has 0 aliphatic heterocycles. The Kier molecular flexibility index (Phi) is 2.57. The Balaban J connectivity index is 1.92. The van der Waals surface area contributed by atoms with Gasteiger partial charge in [-0.1, -0.05) is 0 Å². The number of rotatable bonds is 1. The second-order valence-electron chi connectivity index (χ2n) is 5.20. The van der Waals surface area contributed by atoms with Crippen molar-refractivity contribution in [3.05, 3.63) is 34.5 Å². The average molecular weight is 287 g/mol. The number of aromatic nitrogens is 2. The number of aryl methyl sites for hydroxylation is 1. The molecule has 0 amide bonds. The summed E-state index contributed by atoms with van der Waals surface area (Å²) in [7, 11) is 0. The number of imidazole rings is 1. The molecule has 0 unspecified atom stereocenters. The summed E-state index contributed by atoms with van der Waals surface area (Å²) < 4.78 is 13.3. The summed E-state index contributed by atoms with van der Waals surface area (Å²) in [5.74, 6) is 0.510. The molecule has 3 N–H and O–H groups in total. The van der Waals surface area contributed by atoms with Gasteiger partial charge in [-0.25, -0.2) is 9.37 Å². The largest absolute Gasteiger partial charge is 0.390 e. The predicted molar refractivity (Wildman–Crippen MR) is 80.4 cm³/mol. The summed E-state index contributed by atoms with van der Waals surface area (Å²) in [5.41, 5.74) is 10.0. The van der Waals surface area contributed by atoms with Gasteiger partial charge in [0.2, 0.25) is 0 Å². The number of H-pyrrole nitrogens is 1. The summed E-state index contributed by atoms with van der Waals surface area (Å²) in [6.45, 7) is 0. The molecule has 0 saturated heterocycles. The molecule has 102 valence electrons. The van der Waals surface area contributed by atoms with Crippen molar-refractivity contribution in [2.45, 2.75) is 25.7 Å². The number of aromatic amines is 1. The lowest BCUT2D eigenvalue weighted by Crippen LogP contribution is -2.00. The van der Waals surface area contributed by atoms with Gasteiger partial charge in [-0.05, 0) is 49.4 Å². The van der Waals surface area contributed by atoms with Crippen molar-refractivity contribution in [1.29, 1.82) is 0 Å². The van der Waals surface area contributed by atoms with Gasteiger partial charge < -0.3 is 10.7 Å². The van der Waals surface area contributed by atoms with Crippen LogP contribution in [0.5, 0.6) is 0 Å². The molecule has 1 aliphatic rings. The highest BCUT2D eigenvalue weighted by Gasteiger charge is 2.22. The van der Waals surface area contributed by atoms with E-state index in [0.29, 0.717) is 0 Å². The maximum absolute atomic E-state index is 13.3. The van der Waals surface area contributed by atoms with E-state index in [1.54, 1.807) is 17.4 Å². The highest BCUT2D eigenvalue weighted by molar-refractivity contribution is 7.16. The van der Waals surface area contributed by atoms with E-state index in [9.17, 15) is 4.39 Å². The Hall–Kier alpha value is -1.88. The summed E-state index contributed by atoms with van der Waals surface area (Å²) in [5, 5.41) is 0.816. The van der Waals surface area contributed by atoms with E-state index in [-0.39, 0.29) is 5.82 Å². The lowest BCUT2D eigenvalue weighted by Gasteiger charge is -2.11. The first-order valence-electron chi connectivity index (χ1n) is 6.78. The summed E-state index contributed by atoms with van der Waals surface area (Å²) in [4.78, 5) is 9.16. The molecule has 0 spiro atoms. The van der Waals surface area contributed by atoms with Crippen LogP contribution in [-0.4, -0.2) is 9.97 Å². The van der Waals surface area contributed by atoms with Crippen LogP contribution in [0.4, 0.5) is 9.39 Å². The molecule has 1 aromatic carbocycles. The summed E-state index contributed by atoms with van der Waals surface area (Å²) in [6, 6.07) is 4.60. The van der Waals surface area contributed by atoms with E-state index < -0.39 is 0 Å². The number of nitrogens with one attached hydrogen (secondary N) is 1. The first-order chi connectivity index (χ1) is 9.72. The van der Waals surface area contributed by atoms with Gasteiger partial charge in [-0.3, -0.25) is 0 Å². The molecular formula is C15H14FN3S. The molecule has 0 radical (unpaired) electrons. The topological polar surface area (TPSA) is 54.7 Å². The van der Waals surface area contributed by atoms with Crippen LogP contribution in [-0.2, 0) is 12.8 Å². The molecule has 3 aromatic rings. The normalized spacial score (nSPS) is 14.7. The zero-order chi connectivity index (χ0) is 13.7. The fourth-order valence-electron chi connectivity index (χ4n) is 2.95. The Morgan fingerprint density at radius 1 is 1.25 bits per heavy atom. The van der Waals surface area contributed by atoms with E-state index in [1.807, 2.05) is 0 Å². The number of nitrogens with zero attached hydrogens (tertiary/aromatic N) is 1. The maximum Gasteiger partial charge on any atom is 0.141 e. The third-order valence-corrected chi connectivity index (χ3v) is 5.00. The lowest BCUT2D eigenvalue weighted by atomic mass is 9.95. The molecule has 0 saturated carbocycles. The first kappa shape index (κ1) is 11.9. The number of nitrogens with two attached hydrogens (primary N) is 1. The van der Waals surface area contributed by atoms with Gasteiger partial charge >= 0.3 is 0 Å². The number of anilines is 1. The van der Waals surface area contributed by atoms with E-state index in [1.165, 1.54) is 35.4 Å². The number of fused-ring (bicyclic) bond motifs is 2. The quantitative estimate of drug-likeness (QED) is 0.713. The molecule has 5 heteroatoms. The molecule has 2 heterocycles. The zero-order valence-electron chi connectivity index (χ0n) is 10.9. The maximum atomic E-state index is 13.3. The Morgan fingerprint density at radius 3 is 3.00 bits per heavy atom. The minimum atomic E-state index is -0.256. The van der Waals surface area contributed by atoms with E-state index in [4.69, 9.17) is 5.73 Å². The van der Waals surface area contributed by atoms with Crippen molar-refractivity contribution in [1.82, 2.24) is 9.97 Å². The molecule has 4 rings (SSSR count). The predicted octanol–water partition coefficient (Wildman–Crippen LogP) is 3.89. The summed E-state index contributed by atoms with van der Waals surface area (Å²) in [6.07, 6.45) is 4.60. The van der Waals surface area contributed by atoms with Crippen molar-refractivity contribution < 1.29 is 4.39 Å². The van der Waals surface area contributed by atoms with Gasteiger partial charge in [0.1, 0.15) is 11.6 Å².